The van der Waals surface area contributed by atoms with Crippen LogP contribution in [0.3, 0.4) is 0 Å². The Morgan fingerprint density at radius 1 is 1.08 bits per heavy atom. The Kier molecular flexibility index (Phi) is 14.7. The molecule has 5 rings (SSSR count). The quantitative estimate of drug-likeness (QED) is 0.206. The average molecular weight is 831 g/mol. The second kappa shape index (κ2) is 18.8. The van der Waals surface area contributed by atoms with Crippen LogP contribution in [-0.4, -0.2) is 136 Å². The number of aliphatic hydroxyl groups is 2. The molecule has 18 nitrogen and oxygen atoms in total. The number of aromatic nitrogens is 2. The first-order valence-electron chi connectivity index (χ1n) is 20.3. The van der Waals surface area contributed by atoms with Crippen molar-refractivity contribution in [2.24, 2.45) is 33.8 Å². The van der Waals surface area contributed by atoms with E-state index in [2.05, 4.69) is 20.1 Å². The van der Waals surface area contributed by atoms with Gasteiger partial charge in [0.05, 0.1) is 42.8 Å². The lowest BCUT2D eigenvalue weighted by molar-refractivity contribution is -0.296. The molecule has 328 valence electrons. The molecule has 0 spiro atoms. The molecule has 2 bridgehead atoms. The number of rotatable bonds is 7. The maximum Gasteiger partial charge on any atom is 0.316 e. The first kappa shape index (κ1) is 46.2. The number of oxime groups is 1. The van der Waals surface area contributed by atoms with Crippen LogP contribution in [0.25, 0.3) is 11.2 Å². The number of carbonyl (C=O) groups is 3. The molecule has 0 unspecified atom stereocenters. The van der Waals surface area contributed by atoms with Crippen molar-refractivity contribution in [1.29, 1.82) is 0 Å². The van der Waals surface area contributed by atoms with E-state index < -0.39 is 83.2 Å². The van der Waals surface area contributed by atoms with Crippen molar-refractivity contribution in [1.82, 2.24) is 14.9 Å². The molecule has 0 aromatic carbocycles. The number of ketones is 1. The Labute approximate surface area is 345 Å². The average Bonchev–Trinajstić information content (AvgIpc) is 3.54. The lowest BCUT2D eigenvalue weighted by Gasteiger charge is -2.47. The number of likely N-dealkylation sites (N-methyl/N-ethyl adjacent to an activating group) is 1. The zero-order valence-electron chi connectivity index (χ0n) is 36.0. The largest absolute Gasteiger partial charge is 0.459 e. The number of carbonyl (C=O) groups excluding carboxylic acids is 3. The summed E-state index contributed by atoms with van der Waals surface area (Å²) in [5, 5.41) is 28.5. The molecule has 0 radical (unpaired) electrons. The van der Waals surface area contributed by atoms with Crippen molar-refractivity contribution in [2.45, 2.75) is 142 Å². The van der Waals surface area contributed by atoms with Gasteiger partial charge in [-0.2, -0.15) is 4.98 Å². The fourth-order valence-electron chi connectivity index (χ4n) is 8.75. The Morgan fingerprint density at radius 2 is 1.80 bits per heavy atom. The lowest BCUT2D eigenvalue weighted by atomic mass is 9.73. The lowest BCUT2D eigenvalue weighted by Crippen LogP contribution is -2.60. The van der Waals surface area contributed by atoms with Crippen LogP contribution in [0.5, 0.6) is 0 Å². The fourth-order valence-corrected chi connectivity index (χ4v) is 8.75. The van der Waals surface area contributed by atoms with Crippen LogP contribution in [0, 0.1) is 23.7 Å². The van der Waals surface area contributed by atoms with Gasteiger partial charge in [-0.15, -0.1) is 0 Å². The monoisotopic (exact) mass is 830 g/mol. The van der Waals surface area contributed by atoms with Gasteiger partial charge in [0.15, 0.2) is 24.3 Å². The summed E-state index contributed by atoms with van der Waals surface area (Å²) in [7, 11) is 3.71. The van der Waals surface area contributed by atoms with E-state index >= 15 is 0 Å². The highest BCUT2D eigenvalue weighted by Crippen LogP contribution is 2.40. The van der Waals surface area contributed by atoms with E-state index in [1.807, 2.05) is 32.8 Å². The number of nitrogens with zero attached hydrogens (tertiary/aromatic N) is 5. The Bertz CT molecular complexity index is 1880. The molecule has 2 aromatic rings. The first-order valence-corrected chi connectivity index (χ1v) is 20.3. The van der Waals surface area contributed by atoms with E-state index in [-0.39, 0.29) is 56.5 Å². The summed E-state index contributed by atoms with van der Waals surface area (Å²) in [4.78, 5) is 61.9. The van der Waals surface area contributed by atoms with E-state index in [0.717, 1.165) is 0 Å². The number of nitrogens with two attached hydrogens (primary N) is 1. The topological polar surface area (TPSA) is 240 Å². The van der Waals surface area contributed by atoms with Gasteiger partial charge in [-0.05, 0) is 79.1 Å². The molecule has 4 N–H and O–H groups in total. The van der Waals surface area contributed by atoms with Crippen LogP contribution in [-0.2, 0) is 49.5 Å². The summed E-state index contributed by atoms with van der Waals surface area (Å²) in [6.07, 6.45) is -5.27. The van der Waals surface area contributed by atoms with Gasteiger partial charge in [-0.3, -0.25) is 14.4 Å². The van der Waals surface area contributed by atoms with Crippen LogP contribution < -0.4 is 5.73 Å². The molecule has 18 heteroatoms. The number of nitrogen functional groups attached to an aromatic ring is 1. The fraction of sp³-hybridized carbons (Fsp3) is 0.732. The van der Waals surface area contributed by atoms with Crippen molar-refractivity contribution in [2.75, 3.05) is 33.0 Å². The van der Waals surface area contributed by atoms with Crippen molar-refractivity contribution in [3.63, 3.8) is 0 Å². The van der Waals surface area contributed by atoms with Crippen LogP contribution in [0.15, 0.2) is 26.7 Å². The smallest absolute Gasteiger partial charge is 0.316 e. The third-order valence-corrected chi connectivity index (χ3v) is 11.9. The molecule has 3 fully saturated rings. The summed E-state index contributed by atoms with van der Waals surface area (Å²) in [6.45, 7) is 14.4. The predicted octanol–water partition coefficient (Wildman–Crippen LogP) is 3.24. The van der Waals surface area contributed by atoms with E-state index in [1.165, 1.54) is 20.8 Å². The van der Waals surface area contributed by atoms with Crippen molar-refractivity contribution < 1.29 is 57.5 Å². The molecule has 3 aliphatic heterocycles. The van der Waals surface area contributed by atoms with Gasteiger partial charge >= 0.3 is 5.97 Å². The molecule has 1 amide bonds. The van der Waals surface area contributed by atoms with Crippen molar-refractivity contribution in [3.05, 3.63) is 17.8 Å². The van der Waals surface area contributed by atoms with Crippen LogP contribution in [0.2, 0.25) is 0 Å². The first-order chi connectivity index (χ1) is 27.7. The van der Waals surface area contributed by atoms with Gasteiger partial charge in [0.2, 0.25) is 11.6 Å². The number of anilines is 1. The predicted molar refractivity (Wildman–Crippen MR) is 215 cm³/mol. The van der Waals surface area contributed by atoms with Gasteiger partial charge in [-0.25, -0.2) is 9.98 Å². The van der Waals surface area contributed by atoms with Gasteiger partial charge < -0.3 is 53.8 Å². The molecule has 13 atom stereocenters. The number of oxazole rings is 1. The van der Waals surface area contributed by atoms with Crippen molar-refractivity contribution in [3.8, 4) is 0 Å². The molecule has 0 aliphatic carbocycles. The normalized spacial score (nSPS) is 38.2. The second-order valence-electron chi connectivity index (χ2n) is 17.0. The third kappa shape index (κ3) is 10.3. The maximum atomic E-state index is 14.5. The minimum absolute atomic E-state index is 0.0224. The Balaban J connectivity index is 1.66. The number of cyclic esters (lactones) is 1. The third-order valence-electron chi connectivity index (χ3n) is 11.9. The van der Waals surface area contributed by atoms with Gasteiger partial charge in [0.25, 0.3) is 6.01 Å². The highest BCUT2D eigenvalue weighted by atomic mass is 16.7. The highest BCUT2D eigenvalue weighted by molar-refractivity contribution is 6.00. The number of aliphatic hydroxyl groups excluding tert-OH is 1. The molecular formula is C41H62N6O12. The van der Waals surface area contributed by atoms with Crippen LogP contribution in [0.4, 0.5) is 6.01 Å². The summed E-state index contributed by atoms with van der Waals surface area (Å²) in [5.74, 6) is -5.43. The van der Waals surface area contributed by atoms with Crippen molar-refractivity contribution >= 4 is 46.3 Å². The molecule has 3 saturated heterocycles. The molecule has 5 heterocycles. The van der Waals surface area contributed by atoms with Gasteiger partial charge in [0, 0.05) is 30.5 Å². The molecular weight excluding hydrogens is 768 g/mol. The molecule has 3 aliphatic rings. The summed E-state index contributed by atoms with van der Waals surface area (Å²) in [6, 6.07) is 2.99. The number of esters is 1. The standard InChI is InChI=1S/C41H62N6O12/c1-12-30-41(9,52)35-22(4)31(43-25(7)48)20(2)16-40(8,54-18-27(17-53-35)46-55-19-26-13-14-29-36(44-26)45-39(42)57-29)34(23(5)32(49)24(6)37(51)58-30)59-38-33(50)28(47(10)11)15-21(3)56-38/h13-14,20-24,28,30,33-35,38,50,52H,12,15-19H2,1-11H3,(H2,42,44,45)/b43-31?,46-27+/t20-,21-,22+,23+,24-,28+,30-,33-,34-,35+,38+,40-,41-/m1/s1. The van der Waals surface area contributed by atoms with Gasteiger partial charge in [0.1, 0.15) is 29.4 Å². The van der Waals surface area contributed by atoms with E-state index in [0.29, 0.717) is 29.1 Å². The Morgan fingerprint density at radius 3 is 2.46 bits per heavy atom. The molecule has 2 aromatic heterocycles. The highest BCUT2D eigenvalue weighted by Gasteiger charge is 2.53. The Hall–Kier alpha value is -3.91. The molecule has 0 saturated carbocycles. The van der Waals surface area contributed by atoms with Crippen LogP contribution in [0.1, 0.15) is 87.3 Å². The van der Waals surface area contributed by atoms with E-state index in [1.54, 1.807) is 39.8 Å². The van der Waals surface area contributed by atoms with E-state index in [9.17, 15) is 24.6 Å². The number of amides is 1. The SMILES string of the molecule is CC[C@H]1OC(=O)[C@H](C)C(=O)[C@H](C)[C@@H](O[C@@H]2O[C@H](C)C[C@H](N(C)C)[C@H]2O)[C@@]2(C)C[C@@H](C)C(=NC(C)=O)[C@H](C)[C@H](OC/C(=N\OCc3ccc4oc(N)nc4n3)CO2)[C@]1(C)O. The van der Waals surface area contributed by atoms with Gasteiger partial charge in [-0.1, -0.05) is 32.9 Å². The number of fused-ring (bicyclic) bond motifs is 6. The maximum absolute atomic E-state index is 14.5. The minimum atomic E-state index is -1.87. The van der Waals surface area contributed by atoms with E-state index in [4.69, 9.17) is 38.7 Å². The number of ether oxygens (including phenoxy) is 5. The number of hydrogen-bond acceptors (Lipinski definition) is 17. The zero-order chi connectivity index (χ0) is 43.6. The summed E-state index contributed by atoms with van der Waals surface area (Å²) >= 11 is 0. The summed E-state index contributed by atoms with van der Waals surface area (Å²) < 4.78 is 37.7. The number of pyridine rings is 1. The summed E-state index contributed by atoms with van der Waals surface area (Å²) in [5.41, 5.74) is 4.22. The van der Waals surface area contributed by atoms with Crippen LogP contribution >= 0.6 is 0 Å². The number of Topliss-reactive ketones (excluding diaryl/α,β-unsaturated/α-hetero) is 1. The zero-order valence-corrected chi connectivity index (χ0v) is 36.0. The minimum Gasteiger partial charge on any atom is -0.459 e. The number of aliphatic imine (C=N–C) groups is 1. The second-order valence-corrected chi connectivity index (χ2v) is 17.0. The molecule has 59 heavy (non-hydrogen) atoms. The number of hydrogen-bond donors (Lipinski definition) is 3.